The first-order valence-electron chi connectivity index (χ1n) is 5.81. The van der Waals surface area contributed by atoms with Gasteiger partial charge in [-0.2, -0.15) is 13.2 Å². The molecule has 16 heavy (non-hydrogen) atoms. The van der Waals surface area contributed by atoms with Crippen LogP contribution in [0.5, 0.6) is 0 Å². The maximum Gasteiger partial charge on any atom is 0.401 e. The third-order valence-corrected chi connectivity index (χ3v) is 3.40. The van der Waals surface area contributed by atoms with Crippen molar-refractivity contribution in [2.24, 2.45) is 11.8 Å². The Balaban J connectivity index is 2.23. The Morgan fingerprint density at radius 3 is 2.19 bits per heavy atom. The first-order chi connectivity index (χ1) is 7.29. The molecule has 1 heterocycles. The molecule has 3 atom stereocenters. The highest BCUT2D eigenvalue weighted by Crippen LogP contribution is 2.23. The zero-order valence-corrected chi connectivity index (χ0v) is 10.1. The van der Waals surface area contributed by atoms with Crippen molar-refractivity contribution in [3.05, 3.63) is 0 Å². The summed E-state index contributed by atoms with van der Waals surface area (Å²) < 4.78 is 35.8. The van der Waals surface area contributed by atoms with Gasteiger partial charge >= 0.3 is 6.18 Å². The smallest absolute Gasteiger partial charge is 0.307 e. The largest absolute Gasteiger partial charge is 0.401 e. The van der Waals surface area contributed by atoms with Crippen molar-refractivity contribution in [1.29, 1.82) is 0 Å². The molecule has 0 spiro atoms. The highest BCUT2D eigenvalue weighted by atomic mass is 19.4. The third-order valence-electron chi connectivity index (χ3n) is 3.40. The minimum Gasteiger partial charge on any atom is -0.307 e. The second-order valence-corrected chi connectivity index (χ2v) is 5.00. The lowest BCUT2D eigenvalue weighted by molar-refractivity contribution is -0.125. The first kappa shape index (κ1) is 13.8. The lowest BCUT2D eigenvalue weighted by atomic mass is 10.0. The van der Waals surface area contributed by atoms with Gasteiger partial charge in [0.2, 0.25) is 0 Å². The topological polar surface area (TPSA) is 15.3 Å². The monoisotopic (exact) mass is 238 g/mol. The number of nitrogens with zero attached hydrogens (tertiary/aromatic N) is 1. The van der Waals surface area contributed by atoms with E-state index in [1.54, 1.807) is 0 Å². The van der Waals surface area contributed by atoms with Crippen LogP contribution in [0.1, 0.15) is 20.8 Å². The highest BCUT2D eigenvalue weighted by Gasteiger charge is 2.30. The summed E-state index contributed by atoms with van der Waals surface area (Å²) in [4.78, 5) is 2.26. The molecule has 0 aromatic heterocycles. The molecule has 1 rings (SSSR count). The maximum absolute atomic E-state index is 11.9. The summed E-state index contributed by atoms with van der Waals surface area (Å²) in [7, 11) is 0. The van der Waals surface area contributed by atoms with Crippen LogP contribution in [-0.2, 0) is 0 Å². The molecule has 1 N–H and O–H groups in total. The minimum absolute atomic E-state index is 0.176. The molecular weight excluding hydrogens is 217 g/mol. The van der Waals surface area contributed by atoms with E-state index in [9.17, 15) is 13.2 Å². The van der Waals surface area contributed by atoms with E-state index in [2.05, 4.69) is 24.1 Å². The summed E-state index contributed by atoms with van der Waals surface area (Å²) >= 11 is 0. The van der Waals surface area contributed by atoms with E-state index in [1.165, 1.54) is 0 Å². The summed E-state index contributed by atoms with van der Waals surface area (Å²) in [6.45, 7) is 7.87. The molecule has 0 aromatic rings. The van der Waals surface area contributed by atoms with Gasteiger partial charge in [0.25, 0.3) is 0 Å². The van der Waals surface area contributed by atoms with Crippen LogP contribution in [0.4, 0.5) is 13.2 Å². The molecule has 1 saturated heterocycles. The normalized spacial score (nSPS) is 29.6. The molecule has 0 bridgehead atoms. The Bertz CT molecular complexity index is 208. The van der Waals surface area contributed by atoms with Crippen LogP contribution in [0.25, 0.3) is 0 Å². The molecule has 1 fully saturated rings. The van der Waals surface area contributed by atoms with Crippen molar-refractivity contribution in [1.82, 2.24) is 10.2 Å². The SMILES string of the molecule is CC1CN(C(C)CNCC(F)(F)F)CC1C. The molecule has 96 valence electrons. The number of likely N-dealkylation sites (tertiary alicyclic amines) is 1. The number of hydrogen-bond donors (Lipinski definition) is 1. The van der Waals surface area contributed by atoms with E-state index >= 15 is 0 Å². The molecule has 0 aliphatic carbocycles. The van der Waals surface area contributed by atoms with Gasteiger partial charge in [-0.05, 0) is 18.8 Å². The van der Waals surface area contributed by atoms with Crippen molar-refractivity contribution in [3.8, 4) is 0 Å². The molecule has 3 unspecified atom stereocenters. The number of halogens is 3. The molecular formula is C11H21F3N2. The Hall–Kier alpha value is -0.290. The van der Waals surface area contributed by atoms with Gasteiger partial charge in [-0.15, -0.1) is 0 Å². The molecule has 0 saturated carbocycles. The minimum atomic E-state index is -4.11. The number of rotatable bonds is 4. The summed E-state index contributed by atoms with van der Waals surface area (Å²) in [5, 5.41) is 2.46. The van der Waals surface area contributed by atoms with Crippen molar-refractivity contribution in [2.45, 2.75) is 33.0 Å². The van der Waals surface area contributed by atoms with Gasteiger partial charge in [0.15, 0.2) is 0 Å². The quantitative estimate of drug-likeness (QED) is 0.807. The zero-order valence-electron chi connectivity index (χ0n) is 10.1. The fraction of sp³-hybridized carbons (Fsp3) is 1.00. The molecule has 0 amide bonds. The predicted molar refractivity (Wildman–Crippen MR) is 58.3 cm³/mol. The molecule has 5 heteroatoms. The van der Waals surface area contributed by atoms with Crippen LogP contribution >= 0.6 is 0 Å². The molecule has 2 nitrogen and oxygen atoms in total. The van der Waals surface area contributed by atoms with Gasteiger partial charge in [-0.3, -0.25) is 4.90 Å². The Labute approximate surface area is 95.2 Å². The Morgan fingerprint density at radius 2 is 1.75 bits per heavy atom. The van der Waals surface area contributed by atoms with E-state index in [0.717, 1.165) is 13.1 Å². The average molecular weight is 238 g/mol. The van der Waals surface area contributed by atoms with Crippen LogP contribution in [0.15, 0.2) is 0 Å². The summed E-state index contributed by atoms with van der Waals surface area (Å²) in [5.74, 6) is 1.29. The van der Waals surface area contributed by atoms with Gasteiger partial charge in [0.05, 0.1) is 6.54 Å². The molecule has 1 aliphatic heterocycles. The van der Waals surface area contributed by atoms with E-state index in [-0.39, 0.29) is 6.04 Å². The van der Waals surface area contributed by atoms with Crippen molar-refractivity contribution >= 4 is 0 Å². The van der Waals surface area contributed by atoms with Gasteiger partial charge in [-0.1, -0.05) is 13.8 Å². The Morgan fingerprint density at radius 1 is 1.25 bits per heavy atom. The van der Waals surface area contributed by atoms with E-state index in [4.69, 9.17) is 0 Å². The van der Waals surface area contributed by atoms with Crippen molar-refractivity contribution in [2.75, 3.05) is 26.2 Å². The van der Waals surface area contributed by atoms with Gasteiger partial charge in [0.1, 0.15) is 0 Å². The summed E-state index contributed by atoms with van der Waals surface area (Å²) in [6.07, 6.45) is -4.11. The number of hydrogen-bond acceptors (Lipinski definition) is 2. The van der Waals surface area contributed by atoms with Crippen LogP contribution < -0.4 is 5.32 Å². The lowest BCUT2D eigenvalue weighted by Gasteiger charge is -2.24. The van der Waals surface area contributed by atoms with Gasteiger partial charge < -0.3 is 5.32 Å². The van der Waals surface area contributed by atoms with E-state index in [1.807, 2.05) is 6.92 Å². The van der Waals surface area contributed by atoms with Gasteiger partial charge in [-0.25, -0.2) is 0 Å². The van der Waals surface area contributed by atoms with Crippen molar-refractivity contribution in [3.63, 3.8) is 0 Å². The van der Waals surface area contributed by atoms with E-state index in [0.29, 0.717) is 18.4 Å². The third kappa shape index (κ3) is 4.29. The standard InChI is InChI=1S/C11H21F3N2/c1-8-5-16(6-9(8)2)10(3)4-15-7-11(12,13)14/h8-10,15H,4-7H2,1-3H3. The summed E-state index contributed by atoms with van der Waals surface area (Å²) in [6, 6.07) is 0.176. The molecule has 1 aliphatic rings. The van der Waals surface area contributed by atoms with E-state index < -0.39 is 12.7 Å². The van der Waals surface area contributed by atoms with Crippen molar-refractivity contribution < 1.29 is 13.2 Å². The highest BCUT2D eigenvalue weighted by molar-refractivity contribution is 4.82. The van der Waals surface area contributed by atoms with Crippen LogP contribution in [0.3, 0.4) is 0 Å². The fourth-order valence-electron chi connectivity index (χ4n) is 2.09. The molecule has 0 radical (unpaired) electrons. The zero-order chi connectivity index (χ0) is 12.3. The van der Waals surface area contributed by atoms with Crippen LogP contribution in [-0.4, -0.2) is 43.3 Å². The van der Waals surface area contributed by atoms with Crippen LogP contribution in [0, 0.1) is 11.8 Å². The maximum atomic E-state index is 11.9. The molecule has 0 aromatic carbocycles. The summed E-state index contributed by atoms with van der Waals surface area (Å²) in [5.41, 5.74) is 0. The average Bonchev–Trinajstić information content (AvgIpc) is 2.45. The van der Waals surface area contributed by atoms with Gasteiger partial charge in [0, 0.05) is 25.7 Å². The lowest BCUT2D eigenvalue weighted by Crippen LogP contribution is -2.41. The number of alkyl halides is 3. The first-order valence-corrected chi connectivity index (χ1v) is 5.81. The fourth-order valence-corrected chi connectivity index (χ4v) is 2.09. The number of nitrogens with one attached hydrogen (secondary N) is 1. The second-order valence-electron chi connectivity index (χ2n) is 5.00. The second kappa shape index (κ2) is 5.36. The van der Waals surface area contributed by atoms with Crippen LogP contribution in [0.2, 0.25) is 0 Å². The predicted octanol–water partition coefficient (Wildman–Crippen LogP) is 2.11. The Kier molecular flexibility index (Phi) is 4.62.